The third-order valence-electron chi connectivity index (χ3n) is 5.63. The van der Waals surface area contributed by atoms with Gasteiger partial charge in [0.05, 0.1) is 6.04 Å². The van der Waals surface area contributed by atoms with Crippen molar-refractivity contribution in [2.75, 3.05) is 29.9 Å². The summed E-state index contributed by atoms with van der Waals surface area (Å²) in [4.78, 5) is 4.77. The van der Waals surface area contributed by atoms with Crippen LogP contribution in [0.15, 0.2) is 54.6 Å². The highest BCUT2D eigenvalue weighted by Gasteiger charge is 2.41. The summed E-state index contributed by atoms with van der Waals surface area (Å²) >= 11 is 0. The fraction of sp³-hybridized carbons (Fsp3) is 0.391. The molecule has 1 unspecified atom stereocenters. The van der Waals surface area contributed by atoms with E-state index >= 15 is 0 Å². The predicted molar refractivity (Wildman–Crippen MR) is 111 cm³/mol. The molecule has 1 atom stereocenters. The molecule has 0 saturated heterocycles. The van der Waals surface area contributed by atoms with Crippen LogP contribution in [0.5, 0.6) is 0 Å². The predicted octanol–water partition coefficient (Wildman–Crippen LogP) is 5.34. The molecule has 2 nitrogen and oxygen atoms in total. The number of likely N-dealkylation sites (N-methyl/N-ethyl adjacent to an activating group) is 1. The number of nitrogens with zero attached hydrogens (tertiary/aromatic N) is 2. The summed E-state index contributed by atoms with van der Waals surface area (Å²) < 4.78 is 0. The molecule has 0 aromatic heterocycles. The molecule has 0 saturated carbocycles. The molecule has 1 aliphatic rings. The summed E-state index contributed by atoms with van der Waals surface area (Å²) in [6.45, 7) is 11.2. The second-order valence-corrected chi connectivity index (χ2v) is 7.42. The summed E-state index contributed by atoms with van der Waals surface area (Å²) in [6.07, 6.45) is 4.62. The van der Waals surface area contributed by atoms with Crippen molar-refractivity contribution in [3.63, 3.8) is 0 Å². The van der Waals surface area contributed by atoms with E-state index in [9.17, 15) is 0 Å². The maximum Gasteiger partial charge on any atom is 0.0565 e. The monoisotopic (exact) mass is 334 g/mol. The third kappa shape index (κ3) is 3.18. The number of benzene rings is 2. The third-order valence-corrected chi connectivity index (χ3v) is 5.63. The Morgan fingerprint density at radius 2 is 1.64 bits per heavy atom. The molecular weight excluding hydrogens is 304 g/mol. The molecule has 0 N–H and O–H groups in total. The van der Waals surface area contributed by atoms with Gasteiger partial charge >= 0.3 is 0 Å². The van der Waals surface area contributed by atoms with E-state index in [1.807, 2.05) is 0 Å². The van der Waals surface area contributed by atoms with E-state index in [1.165, 1.54) is 22.5 Å². The first-order valence-electron chi connectivity index (χ1n) is 9.34. The Hall–Kier alpha value is -2.22. The highest BCUT2D eigenvalue weighted by molar-refractivity contribution is 5.66. The molecule has 0 fully saturated rings. The molecule has 3 rings (SSSR count). The van der Waals surface area contributed by atoms with E-state index in [-0.39, 0.29) is 5.41 Å². The van der Waals surface area contributed by atoms with E-state index in [0.29, 0.717) is 6.04 Å². The molecule has 132 valence electrons. The first-order chi connectivity index (χ1) is 12.0. The van der Waals surface area contributed by atoms with Crippen molar-refractivity contribution in [1.82, 2.24) is 0 Å². The van der Waals surface area contributed by atoms with Gasteiger partial charge in [0.2, 0.25) is 0 Å². The molecular formula is C23H30N2. The van der Waals surface area contributed by atoms with Crippen LogP contribution in [0.1, 0.15) is 38.8 Å². The second kappa shape index (κ2) is 6.95. The van der Waals surface area contributed by atoms with Crippen molar-refractivity contribution in [2.24, 2.45) is 0 Å². The molecule has 2 aromatic carbocycles. The van der Waals surface area contributed by atoms with Gasteiger partial charge in [-0.25, -0.2) is 0 Å². The summed E-state index contributed by atoms with van der Waals surface area (Å²) in [5, 5.41) is 0. The molecule has 1 aliphatic heterocycles. The topological polar surface area (TPSA) is 6.48 Å². The maximum atomic E-state index is 2.40. The zero-order valence-electron chi connectivity index (χ0n) is 16.2. The molecule has 25 heavy (non-hydrogen) atoms. The first-order valence-corrected chi connectivity index (χ1v) is 9.34. The number of fused-ring (bicyclic) bond motifs is 1. The number of para-hydroxylation sites is 1. The fourth-order valence-corrected chi connectivity index (χ4v) is 4.08. The molecule has 1 heterocycles. The van der Waals surface area contributed by atoms with Gasteiger partial charge in [0.1, 0.15) is 0 Å². The summed E-state index contributed by atoms with van der Waals surface area (Å²) in [5.41, 5.74) is 5.45. The average Bonchev–Trinajstić information content (AvgIpc) is 2.82. The number of rotatable bonds is 5. The highest BCUT2D eigenvalue weighted by Crippen LogP contribution is 2.44. The van der Waals surface area contributed by atoms with Gasteiger partial charge in [0, 0.05) is 36.9 Å². The fourth-order valence-electron chi connectivity index (χ4n) is 4.08. The Balaban J connectivity index is 1.81. The Morgan fingerprint density at radius 1 is 1.00 bits per heavy atom. The van der Waals surface area contributed by atoms with Crippen molar-refractivity contribution in [2.45, 2.75) is 39.2 Å². The largest absolute Gasteiger partial charge is 0.372 e. The molecule has 0 radical (unpaired) electrons. The minimum atomic E-state index is 0.114. The lowest BCUT2D eigenvalue weighted by Gasteiger charge is -2.29. The van der Waals surface area contributed by atoms with Crippen LogP contribution in [-0.4, -0.2) is 26.2 Å². The Labute approximate surface area is 152 Å². The lowest BCUT2D eigenvalue weighted by molar-refractivity contribution is 0.489. The summed E-state index contributed by atoms with van der Waals surface area (Å²) in [6, 6.07) is 18.0. The molecule has 2 aromatic rings. The van der Waals surface area contributed by atoms with Crippen molar-refractivity contribution < 1.29 is 0 Å². The van der Waals surface area contributed by atoms with E-state index in [1.54, 1.807) is 0 Å². The summed E-state index contributed by atoms with van der Waals surface area (Å²) in [5.74, 6) is 0. The first kappa shape index (κ1) is 17.6. The van der Waals surface area contributed by atoms with Crippen LogP contribution in [0.25, 0.3) is 6.08 Å². The van der Waals surface area contributed by atoms with Crippen molar-refractivity contribution in [3.05, 3.63) is 65.7 Å². The SMILES string of the molecule is CCN(CC)c1ccc(/C=C/C2N(C)c3ccccc3C2(C)C)cc1. The van der Waals surface area contributed by atoms with E-state index < -0.39 is 0 Å². The lowest BCUT2D eigenvalue weighted by atomic mass is 9.80. The van der Waals surface area contributed by atoms with Gasteiger partial charge in [0.15, 0.2) is 0 Å². The molecule has 0 spiro atoms. The highest BCUT2D eigenvalue weighted by atomic mass is 15.2. The van der Waals surface area contributed by atoms with Crippen LogP contribution in [0.4, 0.5) is 11.4 Å². The maximum absolute atomic E-state index is 2.40. The Bertz CT molecular complexity index is 739. The van der Waals surface area contributed by atoms with Crippen molar-refractivity contribution in [1.29, 1.82) is 0 Å². The molecule has 0 bridgehead atoms. The van der Waals surface area contributed by atoms with E-state index in [2.05, 4.69) is 105 Å². The zero-order chi connectivity index (χ0) is 18.0. The van der Waals surface area contributed by atoms with Gasteiger partial charge in [-0.1, -0.05) is 56.3 Å². The van der Waals surface area contributed by atoms with Gasteiger partial charge in [-0.3, -0.25) is 0 Å². The van der Waals surface area contributed by atoms with Gasteiger partial charge in [-0.15, -0.1) is 0 Å². The number of hydrogen-bond acceptors (Lipinski definition) is 2. The molecule has 2 heteroatoms. The van der Waals surface area contributed by atoms with Crippen molar-refractivity contribution in [3.8, 4) is 0 Å². The van der Waals surface area contributed by atoms with E-state index in [0.717, 1.165) is 13.1 Å². The quantitative estimate of drug-likeness (QED) is 0.728. The smallest absolute Gasteiger partial charge is 0.0565 e. The van der Waals surface area contributed by atoms with Crippen LogP contribution in [0.2, 0.25) is 0 Å². The van der Waals surface area contributed by atoms with Gasteiger partial charge in [-0.05, 0) is 43.2 Å². The number of anilines is 2. The zero-order valence-corrected chi connectivity index (χ0v) is 16.2. The normalized spacial score (nSPS) is 18.6. The standard InChI is InChI=1S/C23H30N2/c1-6-25(7-2)19-15-12-18(13-16-19)14-17-22-23(3,4)20-10-8-9-11-21(20)24(22)5/h8-17,22H,6-7H2,1-5H3/b17-14+. The summed E-state index contributed by atoms with van der Waals surface area (Å²) in [7, 11) is 2.20. The van der Waals surface area contributed by atoms with Crippen LogP contribution >= 0.6 is 0 Å². The van der Waals surface area contributed by atoms with Gasteiger partial charge in [-0.2, -0.15) is 0 Å². The minimum absolute atomic E-state index is 0.114. The van der Waals surface area contributed by atoms with Gasteiger partial charge < -0.3 is 9.80 Å². The van der Waals surface area contributed by atoms with E-state index in [4.69, 9.17) is 0 Å². The molecule has 0 aliphatic carbocycles. The Kier molecular flexibility index (Phi) is 4.89. The lowest BCUT2D eigenvalue weighted by Crippen LogP contribution is -2.37. The van der Waals surface area contributed by atoms with Crippen LogP contribution < -0.4 is 9.80 Å². The number of hydrogen-bond donors (Lipinski definition) is 0. The van der Waals surface area contributed by atoms with Gasteiger partial charge in [0.25, 0.3) is 0 Å². The minimum Gasteiger partial charge on any atom is -0.372 e. The van der Waals surface area contributed by atoms with Crippen LogP contribution in [-0.2, 0) is 5.41 Å². The average molecular weight is 335 g/mol. The van der Waals surface area contributed by atoms with Crippen molar-refractivity contribution >= 4 is 17.5 Å². The molecule has 0 amide bonds. The second-order valence-electron chi connectivity index (χ2n) is 7.42. The van der Waals surface area contributed by atoms with Crippen LogP contribution in [0, 0.1) is 0 Å². The Morgan fingerprint density at radius 3 is 2.24 bits per heavy atom. The van der Waals surface area contributed by atoms with Crippen LogP contribution in [0.3, 0.4) is 0 Å².